The Bertz CT molecular complexity index is 280. The topological polar surface area (TPSA) is 43.8 Å². The normalized spacial score (nSPS) is 27.1. The number of hydrogen-bond donors (Lipinski definition) is 2. The summed E-state index contributed by atoms with van der Waals surface area (Å²) in [6, 6.07) is 0. The number of rotatable bonds is 5. The molecule has 1 amide bonds. The number of hydrogen-bond acceptors (Lipinski definition) is 4. The van der Waals surface area contributed by atoms with Crippen molar-refractivity contribution in [3.63, 3.8) is 0 Å². The maximum Gasteiger partial charge on any atom is 0.222 e. The van der Waals surface area contributed by atoms with Crippen LogP contribution in [0.15, 0.2) is 0 Å². The van der Waals surface area contributed by atoms with E-state index in [4.69, 9.17) is 5.11 Å². The molecule has 0 spiro atoms. The standard InChI is InChI=1S/C13H24N2O2S/c16-6-5-14-3-1-11(2-4-14)8-15-9-12(10-18)7-13(15)17/h11-12,16,18H,1-10H2. The van der Waals surface area contributed by atoms with Gasteiger partial charge in [0, 0.05) is 26.1 Å². The molecule has 1 atom stereocenters. The lowest BCUT2D eigenvalue weighted by Crippen LogP contribution is -2.40. The average molecular weight is 272 g/mol. The van der Waals surface area contributed by atoms with E-state index in [0.717, 1.165) is 51.3 Å². The highest BCUT2D eigenvalue weighted by Crippen LogP contribution is 2.24. The van der Waals surface area contributed by atoms with E-state index < -0.39 is 0 Å². The third-order valence-electron chi connectivity index (χ3n) is 4.15. The summed E-state index contributed by atoms with van der Waals surface area (Å²) in [6.07, 6.45) is 2.98. The minimum atomic E-state index is 0.249. The minimum Gasteiger partial charge on any atom is -0.395 e. The fourth-order valence-corrected chi connectivity index (χ4v) is 3.24. The molecule has 0 aromatic carbocycles. The Morgan fingerprint density at radius 2 is 2.00 bits per heavy atom. The molecule has 18 heavy (non-hydrogen) atoms. The van der Waals surface area contributed by atoms with Crippen molar-refractivity contribution in [3.05, 3.63) is 0 Å². The number of nitrogens with zero attached hydrogens (tertiary/aromatic N) is 2. The molecular weight excluding hydrogens is 248 g/mol. The summed E-state index contributed by atoms with van der Waals surface area (Å²) < 4.78 is 0. The summed E-state index contributed by atoms with van der Waals surface area (Å²) >= 11 is 4.29. The highest BCUT2D eigenvalue weighted by molar-refractivity contribution is 7.80. The second kappa shape index (κ2) is 6.78. The van der Waals surface area contributed by atoms with E-state index >= 15 is 0 Å². The molecule has 2 aliphatic heterocycles. The predicted octanol–water partition coefficient (Wildman–Crippen LogP) is 0.469. The minimum absolute atomic E-state index is 0.249. The van der Waals surface area contributed by atoms with Crippen LogP contribution in [0.1, 0.15) is 19.3 Å². The number of aliphatic hydroxyl groups is 1. The van der Waals surface area contributed by atoms with Crippen LogP contribution in [0, 0.1) is 11.8 Å². The smallest absolute Gasteiger partial charge is 0.222 e. The van der Waals surface area contributed by atoms with Crippen LogP contribution >= 0.6 is 12.6 Å². The average Bonchev–Trinajstić information content (AvgIpc) is 2.73. The number of likely N-dealkylation sites (tertiary alicyclic amines) is 2. The molecule has 0 aromatic heterocycles. The van der Waals surface area contributed by atoms with Crippen LogP contribution in [-0.2, 0) is 4.79 Å². The first-order chi connectivity index (χ1) is 8.72. The van der Waals surface area contributed by atoms with E-state index in [1.165, 1.54) is 0 Å². The highest BCUT2D eigenvalue weighted by atomic mass is 32.1. The molecule has 0 radical (unpaired) electrons. The maximum absolute atomic E-state index is 11.8. The first-order valence-electron chi connectivity index (χ1n) is 6.94. The predicted molar refractivity (Wildman–Crippen MR) is 74.8 cm³/mol. The zero-order chi connectivity index (χ0) is 13.0. The molecule has 2 rings (SSSR count). The molecule has 5 heteroatoms. The summed E-state index contributed by atoms with van der Waals surface area (Å²) in [5.41, 5.74) is 0. The molecule has 0 saturated carbocycles. The van der Waals surface area contributed by atoms with Crippen molar-refractivity contribution in [1.29, 1.82) is 0 Å². The zero-order valence-electron chi connectivity index (χ0n) is 10.9. The van der Waals surface area contributed by atoms with E-state index in [1.807, 2.05) is 4.90 Å². The first-order valence-corrected chi connectivity index (χ1v) is 7.58. The van der Waals surface area contributed by atoms with Crippen LogP contribution in [0.3, 0.4) is 0 Å². The van der Waals surface area contributed by atoms with Crippen molar-refractivity contribution in [2.75, 3.05) is 45.1 Å². The summed E-state index contributed by atoms with van der Waals surface area (Å²) in [5.74, 6) is 2.22. The van der Waals surface area contributed by atoms with Gasteiger partial charge in [0.05, 0.1) is 6.61 Å². The third-order valence-corrected chi connectivity index (χ3v) is 4.67. The van der Waals surface area contributed by atoms with Gasteiger partial charge in [-0.3, -0.25) is 4.79 Å². The molecule has 2 saturated heterocycles. The first kappa shape index (κ1) is 14.2. The SMILES string of the molecule is O=C1CC(CS)CN1CC1CCN(CCO)CC1. The lowest BCUT2D eigenvalue weighted by molar-refractivity contribution is -0.128. The highest BCUT2D eigenvalue weighted by Gasteiger charge is 2.31. The summed E-state index contributed by atoms with van der Waals surface area (Å²) in [4.78, 5) is 16.2. The van der Waals surface area contributed by atoms with Crippen LogP contribution < -0.4 is 0 Å². The molecule has 1 unspecified atom stereocenters. The Morgan fingerprint density at radius 3 is 2.56 bits per heavy atom. The lowest BCUT2D eigenvalue weighted by atomic mass is 9.96. The fraction of sp³-hybridized carbons (Fsp3) is 0.923. The van der Waals surface area contributed by atoms with Crippen molar-refractivity contribution in [2.24, 2.45) is 11.8 Å². The molecule has 0 aromatic rings. The van der Waals surface area contributed by atoms with Crippen LogP contribution in [0.4, 0.5) is 0 Å². The number of amides is 1. The number of carbonyl (C=O) groups is 1. The second-order valence-corrected chi connectivity index (χ2v) is 5.93. The zero-order valence-corrected chi connectivity index (χ0v) is 11.8. The number of β-amino-alcohol motifs (C(OH)–C–C–N with tert-alkyl or cyclic N) is 1. The van der Waals surface area contributed by atoms with Gasteiger partial charge in [0.15, 0.2) is 0 Å². The van der Waals surface area contributed by atoms with Crippen molar-refractivity contribution < 1.29 is 9.90 Å². The molecule has 2 heterocycles. The van der Waals surface area contributed by atoms with Gasteiger partial charge < -0.3 is 14.9 Å². The Kier molecular flexibility index (Phi) is 5.33. The van der Waals surface area contributed by atoms with Crippen LogP contribution in [-0.4, -0.2) is 65.9 Å². The van der Waals surface area contributed by atoms with Crippen molar-refractivity contribution >= 4 is 18.5 Å². The quantitative estimate of drug-likeness (QED) is 0.715. The molecule has 2 fully saturated rings. The molecule has 2 aliphatic rings. The maximum atomic E-state index is 11.8. The third kappa shape index (κ3) is 3.62. The van der Waals surface area contributed by atoms with Gasteiger partial charge in [-0.05, 0) is 43.5 Å². The number of aliphatic hydroxyl groups excluding tert-OH is 1. The van der Waals surface area contributed by atoms with Gasteiger partial charge in [-0.2, -0.15) is 12.6 Å². The summed E-state index contributed by atoms with van der Waals surface area (Å²) in [5, 5.41) is 8.90. The van der Waals surface area contributed by atoms with Crippen molar-refractivity contribution in [1.82, 2.24) is 9.80 Å². The summed E-state index contributed by atoms with van der Waals surface area (Å²) in [6.45, 7) is 4.98. The second-order valence-electron chi connectivity index (χ2n) is 5.56. The fourth-order valence-electron chi connectivity index (χ4n) is 3.00. The lowest BCUT2D eigenvalue weighted by Gasteiger charge is -2.33. The van der Waals surface area contributed by atoms with E-state index in [2.05, 4.69) is 17.5 Å². The van der Waals surface area contributed by atoms with E-state index in [0.29, 0.717) is 24.2 Å². The van der Waals surface area contributed by atoms with E-state index in [-0.39, 0.29) is 6.61 Å². The largest absolute Gasteiger partial charge is 0.395 e. The van der Waals surface area contributed by atoms with Crippen LogP contribution in [0.25, 0.3) is 0 Å². The number of carbonyl (C=O) groups excluding carboxylic acids is 1. The van der Waals surface area contributed by atoms with Gasteiger partial charge in [0.25, 0.3) is 0 Å². The van der Waals surface area contributed by atoms with E-state index in [1.54, 1.807) is 0 Å². The molecule has 0 bridgehead atoms. The van der Waals surface area contributed by atoms with Crippen LogP contribution in [0.2, 0.25) is 0 Å². The summed E-state index contributed by atoms with van der Waals surface area (Å²) in [7, 11) is 0. The Hall–Kier alpha value is -0.260. The number of piperidine rings is 1. The van der Waals surface area contributed by atoms with Gasteiger partial charge in [-0.1, -0.05) is 0 Å². The molecule has 1 N–H and O–H groups in total. The Balaban J connectivity index is 1.73. The van der Waals surface area contributed by atoms with Gasteiger partial charge in [-0.25, -0.2) is 0 Å². The molecule has 0 aliphatic carbocycles. The van der Waals surface area contributed by atoms with Crippen LogP contribution in [0.5, 0.6) is 0 Å². The molecular formula is C13H24N2O2S. The van der Waals surface area contributed by atoms with E-state index in [9.17, 15) is 4.79 Å². The van der Waals surface area contributed by atoms with Gasteiger partial charge in [-0.15, -0.1) is 0 Å². The van der Waals surface area contributed by atoms with Gasteiger partial charge in [0.1, 0.15) is 0 Å². The van der Waals surface area contributed by atoms with Crippen molar-refractivity contribution in [3.8, 4) is 0 Å². The molecule has 4 nitrogen and oxygen atoms in total. The Morgan fingerprint density at radius 1 is 1.28 bits per heavy atom. The van der Waals surface area contributed by atoms with Gasteiger partial charge >= 0.3 is 0 Å². The van der Waals surface area contributed by atoms with Crippen molar-refractivity contribution in [2.45, 2.75) is 19.3 Å². The molecule has 104 valence electrons. The monoisotopic (exact) mass is 272 g/mol. The Labute approximate surface area is 115 Å². The van der Waals surface area contributed by atoms with Gasteiger partial charge in [0.2, 0.25) is 5.91 Å². The number of thiol groups is 1.